The van der Waals surface area contributed by atoms with Crippen molar-refractivity contribution in [2.24, 2.45) is 0 Å². The van der Waals surface area contributed by atoms with E-state index < -0.39 is 0 Å². The van der Waals surface area contributed by atoms with E-state index in [0.29, 0.717) is 32.4 Å². The van der Waals surface area contributed by atoms with E-state index in [9.17, 15) is 14.9 Å². The molecule has 6 nitrogen and oxygen atoms in total. The van der Waals surface area contributed by atoms with Crippen molar-refractivity contribution in [3.8, 4) is 0 Å². The average molecular weight is 366 g/mol. The molecule has 1 aromatic heterocycles. The van der Waals surface area contributed by atoms with E-state index in [4.69, 9.17) is 4.74 Å². The smallest absolute Gasteiger partial charge is 0.305 e. The minimum Gasteiger partial charge on any atom is -0.466 e. The zero-order valence-electron chi connectivity index (χ0n) is 15.3. The van der Waals surface area contributed by atoms with Crippen molar-refractivity contribution in [2.75, 3.05) is 6.61 Å². The average Bonchev–Trinajstić information content (AvgIpc) is 3.00. The molecule has 0 aliphatic carbocycles. The molecule has 0 amide bonds. The number of nitrogens with zero attached hydrogens (tertiary/aromatic N) is 2. The molecule has 0 N–H and O–H groups in total. The van der Waals surface area contributed by atoms with E-state index in [1.807, 2.05) is 18.2 Å². The summed E-state index contributed by atoms with van der Waals surface area (Å²) in [7, 11) is 0. The molecule has 6 heteroatoms. The molecule has 0 saturated carbocycles. The molecule has 0 saturated heterocycles. The van der Waals surface area contributed by atoms with E-state index in [2.05, 4.69) is 22.9 Å². The molecule has 0 fully saturated rings. The highest BCUT2D eigenvalue weighted by Gasteiger charge is 2.12. The molecule has 2 aromatic carbocycles. The summed E-state index contributed by atoms with van der Waals surface area (Å²) in [5.74, 6) is -0.175. The zero-order valence-corrected chi connectivity index (χ0v) is 15.3. The molecular weight excluding hydrogens is 344 g/mol. The van der Waals surface area contributed by atoms with Gasteiger partial charge in [-0.1, -0.05) is 30.3 Å². The molecule has 3 rings (SSSR count). The molecule has 0 bridgehead atoms. The molecule has 1 heterocycles. The lowest BCUT2D eigenvalue weighted by Gasteiger charge is -2.05. The number of aryl methyl sites for hydroxylation is 1. The SMILES string of the molecule is CCOC(=O)CCCn1cc(Cc2cccc([N+](=O)[O-])c2)c2ccccc21. The fourth-order valence-electron chi connectivity index (χ4n) is 3.28. The first kappa shape index (κ1) is 18.6. The van der Waals surface area contributed by atoms with Crippen LogP contribution in [-0.4, -0.2) is 22.1 Å². The maximum absolute atomic E-state index is 11.5. The zero-order chi connectivity index (χ0) is 19.2. The Morgan fingerprint density at radius 2 is 2.00 bits per heavy atom. The maximum atomic E-state index is 11.5. The topological polar surface area (TPSA) is 74.4 Å². The highest BCUT2D eigenvalue weighted by atomic mass is 16.6. The number of para-hydroxylation sites is 1. The first-order valence-electron chi connectivity index (χ1n) is 9.04. The number of carbonyl (C=O) groups excluding carboxylic acids is 1. The molecular formula is C21H22N2O4. The highest BCUT2D eigenvalue weighted by molar-refractivity contribution is 5.84. The van der Waals surface area contributed by atoms with Crippen molar-refractivity contribution >= 4 is 22.6 Å². The molecule has 0 aliphatic rings. The van der Waals surface area contributed by atoms with Crippen molar-refractivity contribution in [2.45, 2.75) is 32.7 Å². The normalized spacial score (nSPS) is 10.9. The Morgan fingerprint density at radius 3 is 2.78 bits per heavy atom. The molecule has 0 radical (unpaired) electrons. The van der Waals surface area contributed by atoms with E-state index in [1.165, 1.54) is 6.07 Å². The van der Waals surface area contributed by atoms with Crippen LogP contribution in [0.15, 0.2) is 54.7 Å². The Balaban J connectivity index is 1.81. The first-order valence-corrected chi connectivity index (χ1v) is 9.04. The lowest BCUT2D eigenvalue weighted by molar-refractivity contribution is -0.384. The Kier molecular flexibility index (Phi) is 5.86. The molecule has 0 atom stereocenters. The third kappa shape index (κ3) is 4.53. The molecule has 27 heavy (non-hydrogen) atoms. The van der Waals surface area contributed by atoms with Crippen LogP contribution in [0.4, 0.5) is 5.69 Å². The number of fused-ring (bicyclic) bond motifs is 1. The summed E-state index contributed by atoms with van der Waals surface area (Å²) in [6.07, 6.45) is 3.79. The number of rotatable bonds is 8. The number of aromatic nitrogens is 1. The van der Waals surface area contributed by atoms with Gasteiger partial charge in [-0.25, -0.2) is 0 Å². The second kappa shape index (κ2) is 8.49. The van der Waals surface area contributed by atoms with Crippen LogP contribution in [0.25, 0.3) is 10.9 Å². The number of nitro groups is 1. The van der Waals surface area contributed by atoms with Gasteiger partial charge in [0.1, 0.15) is 0 Å². The Bertz CT molecular complexity index is 962. The largest absolute Gasteiger partial charge is 0.466 e. The van der Waals surface area contributed by atoms with Crippen molar-refractivity contribution in [1.82, 2.24) is 4.57 Å². The lowest BCUT2D eigenvalue weighted by Crippen LogP contribution is -2.06. The fourth-order valence-corrected chi connectivity index (χ4v) is 3.28. The van der Waals surface area contributed by atoms with Crippen LogP contribution in [0.3, 0.4) is 0 Å². The van der Waals surface area contributed by atoms with Crippen LogP contribution in [0.5, 0.6) is 0 Å². The molecule has 3 aromatic rings. The third-order valence-corrected chi connectivity index (χ3v) is 4.47. The Morgan fingerprint density at radius 1 is 1.19 bits per heavy atom. The van der Waals surface area contributed by atoms with Gasteiger partial charge < -0.3 is 9.30 Å². The Hall–Kier alpha value is -3.15. The maximum Gasteiger partial charge on any atom is 0.305 e. The number of esters is 1. The van der Waals surface area contributed by atoms with Gasteiger partial charge in [-0.3, -0.25) is 14.9 Å². The number of hydrogen-bond donors (Lipinski definition) is 0. The van der Waals surface area contributed by atoms with Gasteiger partial charge in [0.15, 0.2) is 0 Å². The van der Waals surface area contributed by atoms with E-state index in [1.54, 1.807) is 19.1 Å². The molecule has 0 unspecified atom stereocenters. The van der Waals surface area contributed by atoms with Gasteiger partial charge in [0.05, 0.1) is 11.5 Å². The van der Waals surface area contributed by atoms with Gasteiger partial charge in [0.25, 0.3) is 5.69 Å². The van der Waals surface area contributed by atoms with Crippen LogP contribution in [0.2, 0.25) is 0 Å². The van der Waals surface area contributed by atoms with Crippen LogP contribution >= 0.6 is 0 Å². The fraction of sp³-hybridized carbons (Fsp3) is 0.286. The van der Waals surface area contributed by atoms with Crippen molar-refractivity contribution in [3.63, 3.8) is 0 Å². The van der Waals surface area contributed by atoms with Gasteiger partial charge in [-0.2, -0.15) is 0 Å². The van der Waals surface area contributed by atoms with Crippen LogP contribution in [0.1, 0.15) is 30.9 Å². The van der Waals surface area contributed by atoms with E-state index >= 15 is 0 Å². The number of ether oxygens (including phenoxy) is 1. The first-order chi connectivity index (χ1) is 13.1. The second-order valence-corrected chi connectivity index (χ2v) is 6.38. The quantitative estimate of drug-likeness (QED) is 0.335. The second-order valence-electron chi connectivity index (χ2n) is 6.38. The summed E-state index contributed by atoms with van der Waals surface area (Å²) in [5.41, 5.74) is 3.22. The van der Waals surface area contributed by atoms with Crippen molar-refractivity contribution in [1.29, 1.82) is 0 Å². The van der Waals surface area contributed by atoms with Gasteiger partial charge in [-0.05, 0) is 37.0 Å². The lowest BCUT2D eigenvalue weighted by atomic mass is 10.0. The minimum absolute atomic E-state index is 0.102. The molecule has 140 valence electrons. The summed E-state index contributed by atoms with van der Waals surface area (Å²) in [6, 6.07) is 14.8. The third-order valence-electron chi connectivity index (χ3n) is 4.47. The number of carbonyl (C=O) groups is 1. The molecule has 0 spiro atoms. The van der Waals surface area contributed by atoms with Crippen molar-refractivity contribution in [3.05, 3.63) is 76.0 Å². The summed E-state index contributed by atoms with van der Waals surface area (Å²) in [5, 5.41) is 12.1. The van der Waals surface area contributed by atoms with E-state index in [-0.39, 0.29) is 16.6 Å². The van der Waals surface area contributed by atoms with Gasteiger partial charge in [0.2, 0.25) is 0 Å². The number of non-ortho nitro benzene ring substituents is 1. The van der Waals surface area contributed by atoms with Gasteiger partial charge >= 0.3 is 5.97 Å². The van der Waals surface area contributed by atoms with E-state index in [0.717, 1.165) is 22.0 Å². The Labute approximate surface area is 157 Å². The number of benzene rings is 2. The summed E-state index contributed by atoms with van der Waals surface area (Å²) in [6.45, 7) is 2.92. The predicted octanol–water partition coefficient (Wildman–Crippen LogP) is 4.48. The van der Waals surface area contributed by atoms with Crippen LogP contribution < -0.4 is 0 Å². The van der Waals surface area contributed by atoms with Gasteiger partial charge in [-0.15, -0.1) is 0 Å². The summed E-state index contributed by atoms with van der Waals surface area (Å²) < 4.78 is 7.12. The predicted molar refractivity (Wildman–Crippen MR) is 104 cm³/mol. The number of nitro benzene ring substituents is 1. The monoisotopic (exact) mass is 366 g/mol. The highest BCUT2D eigenvalue weighted by Crippen LogP contribution is 2.25. The minimum atomic E-state index is -0.373. The number of hydrogen-bond acceptors (Lipinski definition) is 4. The van der Waals surface area contributed by atoms with Crippen molar-refractivity contribution < 1.29 is 14.5 Å². The summed E-state index contributed by atoms with van der Waals surface area (Å²) in [4.78, 5) is 22.2. The summed E-state index contributed by atoms with van der Waals surface area (Å²) >= 11 is 0. The van der Waals surface area contributed by atoms with Gasteiger partial charge in [0, 0.05) is 42.2 Å². The van der Waals surface area contributed by atoms with Crippen LogP contribution in [-0.2, 0) is 22.5 Å². The van der Waals surface area contributed by atoms with Crippen LogP contribution in [0, 0.1) is 10.1 Å². The standard InChI is InChI=1S/C21H22N2O4/c1-2-27-21(24)11-6-12-22-15-17(19-9-3-4-10-20(19)22)13-16-7-5-8-18(14-16)23(25)26/h3-5,7-10,14-15H,2,6,11-13H2,1H3. The molecule has 0 aliphatic heterocycles.